The van der Waals surface area contributed by atoms with Crippen molar-refractivity contribution in [1.82, 2.24) is 10.6 Å². The lowest BCUT2D eigenvalue weighted by molar-refractivity contribution is -0.122. The zero-order valence-corrected chi connectivity index (χ0v) is 12.8. The Balaban J connectivity index is 0. The maximum absolute atomic E-state index is 10.5. The molecule has 0 saturated carbocycles. The van der Waals surface area contributed by atoms with E-state index in [0.29, 0.717) is 6.42 Å². The third-order valence-electron chi connectivity index (χ3n) is 2.90. The second kappa shape index (κ2) is 12.4. The van der Waals surface area contributed by atoms with Crippen molar-refractivity contribution in [2.45, 2.75) is 73.4 Å². The maximum Gasteiger partial charge on any atom is 0.218 e. The molecule has 0 unspecified atom stereocenters. The Hall–Kier alpha value is -1.06. The molecule has 0 fully saturated rings. The molecular weight excluding hydrogens is 228 g/mol. The molecule has 4 heteroatoms. The van der Waals surface area contributed by atoms with Gasteiger partial charge in [0.25, 0.3) is 0 Å². The molecule has 0 atom stereocenters. The highest BCUT2D eigenvalue weighted by atomic mass is 16.2. The molecule has 0 bridgehead atoms. The van der Waals surface area contributed by atoms with Gasteiger partial charge in [-0.05, 0) is 12.3 Å². The standard InChI is InChI=1S/C7H14N2O2.C7H16/c1-4-7(8-5(2)10)9-6(3)11;1-4-7(5-2)6-3/h7H,4H2,1-3H3,(H,8,10)(H,9,11);7H,4-6H2,1-3H3. The van der Waals surface area contributed by atoms with E-state index in [2.05, 4.69) is 31.4 Å². The van der Waals surface area contributed by atoms with Crippen LogP contribution in [0.4, 0.5) is 0 Å². The van der Waals surface area contributed by atoms with Gasteiger partial charge < -0.3 is 10.6 Å². The Kier molecular flexibility index (Phi) is 13.3. The number of nitrogens with one attached hydrogen (secondary N) is 2. The monoisotopic (exact) mass is 258 g/mol. The molecule has 18 heavy (non-hydrogen) atoms. The summed E-state index contributed by atoms with van der Waals surface area (Å²) >= 11 is 0. The molecule has 0 rings (SSSR count). The molecule has 0 aromatic heterocycles. The number of hydrogen-bond donors (Lipinski definition) is 2. The molecule has 0 heterocycles. The van der Waals surface area contributed by atoms with Crippen molar-refractivity contribution in [1.29, 1.82) is 0 Å². The van der Waals surface area contributed by atoms with Crippen molar-refractivity contribution in [3.05, 3.63) is 0 Å². The van der Waals surface area contributed by atoms with Crippen molar-refractivity contribution in [3.8, 4) is 0 Å². The van der Waals surface area contributed by atoms with Gasteiger partial charge in [0, 0.05) is 13.8 Å². The Morgan fingerprint density at radius 1 is 0.778 bits per heavy atom. The molecular formula is C14H30N2O2. The van der Waals surface area contributed by atoms with Gasteiger partial charge in [0.05, 0.1) is 0 Å². The van der Waals surface area contributed by atoms with Gasteiger partial charge in [-0.2, -0.15) is 0 Å². The van der Waals surface area contributed by atoms with Crippen LogP contribution in [0.1, 0.15) is 67.2 Å². The highest BCUT2D eigenvalue weighted by Gasteiger charge is 2.06. The van der Waals surface area contributed by atoms with Crippen molar-refractivity contribution >= 4 is 11.8 Å². The van der Waals surface area contributed by atoms with E-state index in [1.165, 1.54) is 33.1 Å². The van der Waals surface area contributed by atoms with Gasteiger partial charge in [-0.15, -0.1) is 0 Å². The minimum atomic E-state index is -0.231. The number of hydrogen-bond acceptors (Lipinski definition) is 2. The first kappa shape index (κ1) is 19.3. The zero-order valence-electron chi connectivity index (χ0n) is 12.8. The quantitative estimate of drug-likeness (QED) is 0.720. The van der Waals surface area contributed by atoms with E-state index < -0.39 is 0 Å². The second-order valence-corrected chi connectivity index (χ2v) is 4.45. The van der Waals surface area contributed by atoms with Crippen LogP contribution < -0.4 is 10.6 Å². The molecule has 0 aliphatic rings. The molecule has 0 spiro atoms. The summed E-state index contributed by atoms with van der Waals surface area (Å²) < 4.78 is 0. The van der Waals surface area contributed by atoms with Crippen molar-refractivity contribution < 1.29 is 9.59 Å². The van der Waals surface area contributed by atoms with E-state index in [4.69, 9.17) is 0 Å². The average molecular weight is 258 g/mol. The third-order valence-corrected chi connectivity index (χ3v) is 2.90. The van der Waals surface area contributed by atoms with Gasteiger partial charge in [-0.3, -0.25) is 9.59 Å². The van der Waals surface area contributed by atoms with Crippen LogP contribution in [-0.4, -0.2) is 18.0 Å². The molecule has 2 amide bonds. The summed E-state index contributed by atoms with van der Waals surface area (Å²) in [7, 11) is 0. The second-order valence-electron chi connectivity index (χ2n) is 4.45. The largest absolute Gasteiger partial charge is 0.336 e. The van der Waals surface area contributed by atoms with E-state index >= 15 is 0 Å². The van der Waals surface area contributed by atoms with Crippen molar-refractivity contribution in [2.24, 2.45) is 5.92 Å². The lowest BCUT2D eigenvalue weighted by Crippen LogP contribution is -2.45. The predicted molar refractivity (Wildman–Crippen MR) is 76.1 cm³/mol. The number of carbonyl (C=O) groups is 2. The SMILES string of the molecule is CCC(CC)CC.CCC(NC(C)=O)NC(C)=O. The van der Waals surface area contributed by atoms with E-state index in [-0.39, 0.29) is 18.0 Å². The minimum absolute atomic E-state index is 0.134. The first-order chi connectivity index (χ1) is 8.40. The number of rotatable bonds is 6. The zero-order chi connectivity index (χ0) is 14.6. The summed E-state index contributed by atoms with van der Waals surface area (Å²) in [5.41, 5.74) is 0. The van der Waals surface area contributed by atoms with E-state index in [1.807, 2.05) is 6.92 Å². The van der Waals surface area contributed by atoms with Crippen LogP contribution in [0.2, 0.25) is 0 Å². The molecule has 0 radical (unpaired) electrons. The fourth-order valence-corrected chi connectivity index (χ4v) is 1.60. The van der Waals surface area contributed by atoms with E-state index in [9.17, 15) is 9.59 Å². The topological polar surface area (TPSA) is 58.2 Å². The van der Waals surface area contributed by atoms with Crippen LogP contribution in [0.3, 0.4) is 0 Å². The van der Waals surface area contributed by atoms with Crippen molar-refractivity contribution in [3.63, 3.8) is 0 Å². The van der Waals surface area contributed by atoms with Gasteiger partial charge in [-0.25, -0.2) is 0 Å². The Labute approximate surface area is 112 Å². The number of amides is 2. The van der Waals surface area contributed by atoms with Gasteiger partial charge in [-0.1, -0.05) is 47.0 Å². The molecule has 4 nitrogen and oxygen atoms in total. The predicted octanol–water partition coefficient (Wildman–Crippen LogP) is 2.83. The fraction of sp³-hybridized carbons (Fsp3) is 0.857. The summed E-state index contributed by atoms with van der Waals surface area (Å²) in [6, 6.07) is 0. The summed E-state index contributed by atoms with van der Waals surface area (Å²) in [4.78, 5) is 21.1. The first-order valence-corrected chi connectivity index (χ1v) is 6.95. The molecule has 0 aliphatic carbocycles. The third kappa shape index (κ3) is 13.0. The Morgan fingerprint density at radius 3 is 1.22 bits per heavy atom. The summed E-state index contributed by atoms with van der Waals surface area (Å²) in [5, 5.41) is 5.18. The molecule has 108 valence electrons. The average Bonchev–Trinajstić information content (AvgIpc) is 2.30. The molecule has 2 N–H and O–H groups in total. The van der Waals surface area contributed by atoms with E-state index in [0.717, 1.165) is 5.92 Å². The van der Waals surface area contributed by atoms with Crippen LogP contribution in [-0.2, 0) is 9.59 Å². The van der Waals surface area contributed by atoms with Crippen LogP contribution >= 0.6 is 0 Å². The van der Waals surface area contributed by atoms with Crippen LogP contribution in [0, 0.1) is 5.92 Å². The smallest absolute Gasteiger partial charge is 0.218 e. The lowest BCUT2D eigenvalue weighted by Gasteiger charge is -2.15. The maximum atomic E-state index is 10.5. The van der Waals surface area contributed by atoms with Crippen LogP contribution in [0.15, 0.2) is 0 Å². The minimum Gasteiger partial charge on any atom is -0.336 e. The molecule has 0 aliphatic heterocycles. The van der Waals surface area contributed by atoms with Gasteiger partial charge in [0.1, 0.15) is 6.17 Å². The normalized spacial score (nSPS) is 9.78. The van der Waals surface area contributed by atoms with Crippen LogP contribution in [0.5, 0.6) is 0 Å². The van der Waals surface area contributed by atoms with Gasteiger partial charge in [0.15, 0.2) is 0 Å². The Morgan fingerprint density at radius 2 is 1.11 bits per heavy atom. The summed E-state index contributed by atoms with van der Waals surface area (Å²) in [5.74, 6) is 0.719. The van der Waals surface area contributed by atoms with E-state index in [1.54, 1.807) is 0 Å². The summed E-state index contributed by atoms with van der Waals surface area (Å²) in [6.07, 6.45) is 4.52. The fourth-order valence-electron chi connectivity index (χ4n) is 1.60. The molecule has 0 aromatic carbocycles. The highest BCUT2D eigenvalue weighted by Crippen LogP contribution is 2.10. The lowest BCUT2D eigenvalue weighted by atomic mass is 10.0. The van der Waals surface area contributed by atoms with Gasteiger partial charge >= 0.3 is 0 Å². The highest BCUT2D eigenvalue weighted by molar-refractivity contribution is 5.76. The van der Waals surface area contributed by atoms with Crippen LogP contribution in [0.25, 0.3) is 0 Å². The van der Waals surface area contributed by atoms with Gasteiger partial charge in [0.2, 0.25) is 11.8 Å². The van der Waals surface area contributed by atoms with Crippen molar-refractivity contribution in [2.75, 3.05) is 0 Å². The molecule has 0 aromatic rings. The molecule has 0 saturated heterocycles. The summed E-state index contributed by atoms with van der Waals surface area (Å²) in [6.45, 7) is 11.5. The first-order valence-electron chi connectivity index (χ1n) is 6.95. The Bertz CT molecular complexity index is 204. The number of carbonyl (C=O) groups excluding carboxylic acids is 2.